The highest BCUT2D eigenvalue weighted by molar-refractivity contribution is 5.86. The Labute approximate surface area is 138 Å². The molecule has 24 heavy (non-hydrogen) atoms. The third-order valence-electron chi connectivity index (χ3n) is 3.88. The minimum atomic E-state index is -0.294. The summed E-state index contributed by atoms with van der Waals surface area (Å²) in [7, 11) is 3.39. The van der Waals surface area contributed by atoms with Crippen LogP contribution in [0.4, 0.5) is 16.2 Å². The number of nitrogen functional groups attached to an aromatic ring is 1. The maximum absolute atomic E-state index is 13.1. The number of ether oxygens (including phenoxy) is 1. The topological polar surface area (TPSA) is 90.9 Å². The molecule has 0 saturated heterocycles. The minimum absolute atomic E-state index is 0.162. The maximum atomic E-state index is 13.1. The molecule has 0 aliphatic heterocycles. The van der Waals surface area contributed by atoms with Gasteiger partial charge in [0.1, 0.15) is 17.7 Å². The Morgan fingerprint density at radius 3 is 2.62 bits per heavy atom. The molecule has 126 valence electrons. The second kappa shape index (κ2) is 6.40. The molecule has 0 aliphatic rings. The molecule has 1 aromatic carbocycles. The van der Waals surface area contributed by atoms with Gasteiger partial charge in [0.2, 0.25) is 5.95 Å². The van der Waals surface area contributed by atoms with E-state index >= 15 is 0 Å². The number of hydrogen-bond acceptors (Lipinski definition) is 6. The van der Waals surface area contributed by atoms with Gasteiger partial charge in [0, 0.05) is 14.2 Å². The highest BCUT2D eigenvalue weighted by atomic mass is 19.1. The molecule has 2 aromatic heterocycles. The number of benzene rings is 1. The van der Waals surface area contributed by atoms with Crippen LogP contribution < -0.4 is 11.1 Å². The van der Waals surface area contributed by atoms with Gasteiger partial charge in [-0.1, -0.05) is 12.1 Å². The zero-order valence-electron chi connectivity index (χ0n) is 13.7. The van der Waals surface area contributed by atoms with Gasteiger partial charge in [0.15, 0.2) is 5.65 Å². The van der Waals surface area contributed by atoms with Crippen LogP contribution in [0.5, 0.6) is 0 Å². The SMILES string of the molecule is COC(c1ccc(F)cc1)C(C)Nc1nc(N)c2cnn(C)c2n1. The smallest absolute Gasteiger partial charge is 0.227 e. The second-order valence-corrected chi connectivity index (χ2v) is 5.58. The number of hydrogen-bond donors (Lipinski definition) is 2. The van der Waals surface area contributed by atoms with E-state index in [1.165, 1.54) is 12.1 Å². The first-order valence-corrected chi connectivity index (χ1v) is 7.49. The first-order valence-electron chi connectivity index (χ1n) is 7.49. The largest absolute Gasteiger partial charge is 0.383 e. The number of aryl methyl sites for hydroxylation is 1. The summed E-state index contributed by atoms with van der Waals surface area (Å²) >= 11 is 0. The molecule has 2 unspecified atom stereocenters. The Morgan fingerprint density at radius 1 is 1.25 bits per heavy atom. The normalized spacial score (nSPS) is 13.8. The Balaban J connectivity index is 1.86. The first-order chi connectivity index (χ1) is 11.5. The van der Waals surface area contributed by atoms with E-state index in [-0.39, 0.29) is 18.0 Å². The van der Waals surface area contributed by atoms with Gasteiger partial charge in [-0.3, -0.25) is 4.68 Å². The standard InChI is InChI=1S/C16H19FN6O/c1-9(13(24-3)10-4-6-11(17)7-5-10)20-16-21-14(18)12-8-19-23(2)15(12)22-16/h4-9,13H,1-3H3,(H3,18,20,21,22). The fourth-order valence-corrected chi connectivity index (χ4v) is 2.67. The molecular formula is C16H19FN6O. The van der Waals surface area contributed by atoms with Crippen molar-refractivity contribution in [2.75, 3.05) is 18.2 Å². The van der Waals surface area contributed by atoms with Crippen molar-refractivity contribution in [2.24, 2.45) is 7.05 Å². The number of methoxy groups -OCH3 is 1. The van der Waals surface area contributed by atoms with Crippen molar-refractivity contribution in [3.63, 3.8) is 0 Å². The summed E-state index contributed by atoms with van der Waals surface area (Å²) in [5.74, 6) is 0.464. The van der Waals surface area contributed by atoms with Crippen molar-refractivity contribution in [1.82, 2.24) is 19.7 Å². The summed E-state index contributed by atoms with van der Waals surface area (Å²) in [6, 6.07) is 6.04. The third kappa shape index (κ3) is 3.00. The first kappa shape index (κ1) is 16.1. The number of anilines is 2. The Bertz CT molecular complexity index is 848. The molecular weight excluding hydrogens is 311 g/mol. The van der Waals surface area contributed by atoms with Crippen molar-refractivity contribution >= 4 is 22.8 Å². The molecule has 0 radical (unpaired) electrons. The van der Waals surface area contributed by atoms with Gasteiger partial charge in [-0.25, -0.2) is 4.39 Å². The Kier molecular flexibility index (Phi) is 4.30. The lowest BCUT2D eigenvalue weighted by molar-refractivity contribution is 0.0905. The predicted octanol–water partition coefficient (Wildman–Crippen LogP) is 2.27. The van der Waals surface area contributed by atoms with E-state index in [1.54, 1.807) is 37.2 Å². The second-order valence-electron chi connectivity index (χ2n) is 5.58. The van der Waals surface area contributed by atoms with Crippen LogP contribution in [0.15, 0.2) is 30.5 Å². The minimum Gasteiger partial charge on any atom is -0.383 e. The average molecular weight is 330 g/mol. The number of nitrogens with zero attached hydrogens (tertiary/aromatic N) is 4. The molecule has 2 atom stereocenters. The van der Waals surface area contributed by atoms with Crippen LogP contribution in [-0.2, 0) is 11.8 Å². The van der Waals surface area contributed by atoms with Crippen LogP contribution >= 0.6 is 0 Å². The third-order valence-corrected chi connectivity index (χ3v) is 3.88. The van der Waals surface area contributed by atoms with Gasteiger partial charge in [0.05, 0.1) is 17.6 Å². The van der Waals surface area contributed by atoms with E-state index in [0.717, 1.165) is 5.56 Å². The summed E-state index contributed by atoms with van der Waals surface area (Å²) in [5.41, 5.74) is 7.47. The van der Waals surface area contributed by atoms with Gasteiger partial charge >= 0.3 is 0 Å². The average Bonchev–Trinajstić information content (AvgIpc) is 2.92. The van der Waals surface area contributed by atoms with Gasteiger partial charge in [-0.05, 0) is 24.6 Å². The lowest BCUT2D eigenvalue weighted by Crippen LogP contribution is -2.27. The van der Waals surface area contributed by atoms with E-state index in [4.69, 9.17) is 10.5 Å². The van der Waals surface area contributed by atoms with Gasteiger partial charge in [-0.2, -0.15) is 15.1 Å². The van der Waals surface area contributed by atoms with Crippen molar-refractivity contribution in [3.8, 4) is 0 Å². The number of rotatable bonds is 5. The summed E-state index contributed by atoms with van der Waals surface area (Å²) < 4.78 is 20.3. The number of nitrogens with one attached hydrogen (secondary N) is 1. The van der Waals surface area contributed by atoms with Crippen molar-refractivity contribution in [1.29, 1.82) is 0 Å². The summed E-state index contributed by atoms with van der Waals surface area (Å²) in [6.45, 7) is 1.94. The zero-order chi connectivity index (χ0) is 17.3. The van der Waals surface area contributed by atoms with Crippen LogP contribution in [-0.4, -0.2) is 32.9 Å². The highest BCUT2D eigenvalue weighted by Crippen LogP contribution is 2.24. The number of nitrogens with two attached hydrogens (primary N) is 1. The summed E-state index contributed by atoms with van der Waals surface area (Å²) in [6.07, 6.45) is 1.34. The number of halogens is 1. The quantitative estimate of drug-likeness (QED) is 0.746. The van der Waals surface area contributed by atoms with Crippen molar-refractivity contribution in [2.45, 2.75) is 19.1 Å². The van der Waals surface area contributed by atoms with Crippen LogP contribution in [0.25, 0.3) is 11.0 Å². The molecule has 0 amide bonds. The number of fused-ring (bicyclic) bond motifs is 1. The summed E-state index contributed by atoms with van der Waals surface area (Å²) in [5, 5.41) is 8.03. The van der Waals surface area contributed by atoms with Gasteiger partial charge in [-0.15, -0.1) is 0 Å². The van der Waals surface area contributed by atoms with Crippen LogP contribution in [0.2, 0.25) is 0 Å². The van der Waals surface area contributed by atoms with Crippen LogP contribution in [0, 0.1) is 5.82 Å². The lowest BCUT2D eigenvalue weighted by atomic mass is 10.0. The van der Waals surface area contributed by atoms with E-state index in [1.807, 2.05) is 6.92 Å². The van der Waals surface area contributed by atoms with Gasteiger partial charge in [0.25, 0.3) is 0 Å². The van der Waals surface area contributed by atoms with Crippen LogP contribution in [0.1, 0.15) is 18.6 Å². The highest BCUT2D eigenvalue weighted by Gasteiger charge is 2.20. The Morgan fingerprint density at radius 2 is 1.96 bits per heavy atom. The van der Waals surface area contributed by atoms with E-state index in [9.17, 15) is 4.39 Å². The molecule has 7 nitrogen and oxygen atoms in total. The molecule has 0 spiro atoms. The molecule has 0 fully saturated rings. The van der Waals surface area contributed by atoms with E-state index in [2.05, 4.69) is 20.4 Å². The Hall–Kier alpha value is -2.74. The van der Waals surface area contributed by atoms with Crippen molar-refractivity contribution < 1.29 is 9.13 Å². The zero-order valence-corrected chi connectivity index (χ0v) is 13.7. The van der Waals surface area contributed by atoms with Crippen LogP contribution in [0.3, 0.4) is 0 Å². The monoisotopic (exact) mass is 330 g/mol. The van der Waals surface area contributed by atoms with Gasteiger partial charge < -0.3 is 15.8 Å². The fraction of sp³-hybridized carbons (Fsp3) is 0.312. The molecule has 8 heteroatoms. The fourth-order valence-electron chi connectivity index (χ4n) is 2.67. The molecule has 2 heterocycles. The summed E-state index contributed by atoms with van der Waals surface area (Å²) in [4.78, 5) is 8.71. The van der Waals surface area contributed by atoms with Crippen molar-refractivity contribution in [3.05, 3.63) is 41.8 Å². The number of aromatic nitrogens is 4. The lowest BCUT2D eigenvalue weighted by Gasteiger charge is -2.24. The van der Waals surface area contributed by atoms with E-state index in [0.29, 0.717) is 22.8 Å². The maximum Gasteiger partial charge on any atom is 0.227 e. The molecule has 0 aliphatic carbocycles. The predicted molar refractivity (Wildman–Crippen MR) is 90.0 cm³/mol. The molecule has 3 aromatic rings. The molecule has 0 saturated carbocycles. The molecule has 3 rings (SSSR count). The molecule has 0 bridgehead atoms. The molecule has 3 N–H and O–H groups in total. The van der Waals surface area contributed by atoms with E-state index < -0.39 is 0 Å².